The van der Waals surface area contributed by atoms with Gasteiger partial charge in [0.05, 0.1) is 12.6 Å². The van der Waals surface area contributed by atoms with E-state index in [0.717, 1.165) is 40.1 Å². The predicted molar refractivity (Wildman–Crippen MR) is 159 cm³/mol. The Labute approximate surface area is 241 Å². The molecule has 214 valence electrons. The van der Waals surface area contributed by atoms with E-state index in [2.05, 4.69) is 33.0 Å². The van der Waals surface area contributed by atoms with Gasteiger partial charge in [0.1, 0.15) is 12.4 Å². The van der Waals surface area contributed by atoms with E-state index in [1.165, 1.54) is 12.1 Å². The molecule has 2 heterocycles. The number of halogens is 1. The molecule has 3 aromatic rings. The summed E-state index contributed by atoms with van der Waals surface area (Å²) in [7, 11) is 0. The lowest BCUT2D eigenvalue weighted by Gasteiger charge is -2.30. The van der Waals surface area contributed by atoms with Crippen molar-refractivity contribution < 1.29 is 18.7 Å². The van der Waals surface area contributed by atoms with Gasteiger partial charge in [0.25, 0.3) is 0 Å². The van der Waals surface area contributed by atoms with Crippen LogP contribution >= 0.6 is 11.3 Å². The molecule has 1 saturated heterocycles. The summed E-state index contributed by atoms with van der Waals surface area (Å²) in [5, 5.41) is 5.16. The number of carbonyl (C=O) groups excluding carboxylic acids is 2. The Morgan fingerprint density at radius 3 is 2.25 bits per heavy atom. The number of nitrogens with zero attached hydrogens (tertiary/aromatic N) is 2. The van der Waals surface area contributed by atoms with E-state index in [4.69, 9.17) is 4.74 Å². The van der Waals surface area contributed by atoms with E-state index in [1.807, 2.05) is 35.7 Å². The first kappa shape index (κ1) is 29.7. The van der Waals surface area contributed by atoms with Crippen LogP contribution in [0.3, 0.4) is 0 Å². The van der Waals surface area contributed by atoms with Gasteiger partial charge in [0, 0.05) is 30.3 Å². The molecule has 0 bridgehead atoms. The van der Waals surface area contributed by atoms with Gasteiger partial charge < -0.3 is 19.9 Å². The number of benzene rings is 2. The number of carbonyl (C=O) groups is 2. The zero-order valence-corrected chi connectivity index (χ0v) is 24.7. The summed E-state index contributed by atoms with van der Waals surface area (Å²) in [5.74, 6) is -0.0488. The van der Waals surface area contributed by atoms with Crippen LogP contribution in [-0.4, -0.2) is 47.5 Å². The fraction of sp³-hybridized carbons (Fsp3) is 0.438. The van der Waals surface area contributed by atoms with Gasteiger partial charge in [0.15, 0.2) is 0 Å². The maximum absolute atomic E-state index is 13.9. The maximum atomic E-state index is 13.9. The van der Waals surface area contributed by atoms with Crippen molar-refractivity contribution >= 4 is 29.0 Å². The summed E-state index contributed by atoms with van der Waals surface area (Å²) in [5.41, 5.74) is 3.79. The highest BCUT2D eigenvalue weighted by atomic mass is 32.1. The summed E-state index contributed by atoms with van der Waals surface area (Å²) >= 11 is 1.58. The normalized spacial score (nSPS) is 15.0. The van der Waals surface area contributed by atoms with Crippen molar-refractivity contribution in [3.63, 3.8) is 0 Å². The number of ether oxygens (including phenoxy) is 1. The molecule has 8 heteroatoms. The molecule has 1 aliphatic rings. The molecule has 0 aliphatic carbocycles. The molecule has 1 aliphatic heterocycles. The number of hydrogen-bond donors (Lipinski definition) is 1. The largest absolute Gasteiger partial charge is 0.376 e. The van der Waals surface area contributed by atoms with E-state index in [0.29, 0.717) is 26.2 Å². The topological polar surface area (TPSA) is 61.9 Å². The number of amides is 3. The summed E-state index contributed by atoms with van der Waals surface area (Å²) in [6.45, 7) is 10.1. The third-order valence-corrected chi connectivity index (χ3v) is 8.09. The second-order valence-corrected chi connectivity index (χ2v) is 12.1. The van der Waals surface area contributed by atoms with Gasteiger partial charge in [-0.05, 0) is 64.9 Å². The Balaban J connectivity index is 1.58. The van der Waals surface area contributed by atoms with Gasteiger partial charge in [-0.15, -0.1) is 11.3 Å². The minimum absolute atomic E-state index is 0.0842. The van der Waals surface area contributed by atoms with Crippen LogP contribution in [-0.2, 0) is 22.6 Å². The number of thiophene rings is 1. The Kier molecular flexibility index (Phi) is 10.3. The van der Waals surface area contributed by atoms with Crippen LogP contribution in [0, 0.1) is 5.82 Å². The molecule has 40 heavy (non-hydrogen) atoms. The standard InChI is InChI=1S/C32H40FN3O3S/c1-22(2)28-10-5-11-29(23(3)4)31(28)34-32(38)36(19-26-8-6-16-39-26)21-30(37)35(20-27-9-7-17-40-27)18-24-12-14-25(33)15-13-24/h5,7,9-15,17,22-23,26H,6,8,16,18-21H2,1-4H3,(H,34,38). The average Bonchev–Trinajstić information content (AvgIpc) is 3.63. The Hall–Kier alpha value is -3.23. The van der Waals surface area contributed by atoms with Crippen molar-refractivity contribution in [2.45, 2.75) is 71.6 Å². The van der Waals surface area contributed by atoms with Crippen molar-refractivity contribution in [2.24, 2.45) is 0 Å². The van der Waals surface area contributed by atoms with Crippen LogP contribution in [0.4, 0.5) is 14.9 Å². The molecule has 0 saturated carbocycles. The number of anilines is 1. The zero-order valence-electron chi connectivity index (χ0n) is 23.9. The van der Waals surface area contributed by atoms with Crippen LogP contribution in [0.2, 0.25) is 0 Å². The van der Waals surface area contributed by atoms with E-state index >= 15 is 0 Å². The van der Waals surface area contributed by atoms with Gasteiger partial charge in [-0.3, -0.25) is 4.79 Å². The van der Waals surface area contributed by atoms with Gasteiger partial charge in [0.2, 0.25) is 5.91 Å². The molecule has 2 aromatic carbocycles. The Morgan fingerprint density at radius 1 is 0.975 bits per heavy atom. The summed E-state index contributed by atoms with van der Waals surface area (Å²) in [6, 6.07) is 16.0. The van der Waals surface area contributed by atoms with E-state index in [-0.39, 0.29) is 42.2 Å². The van der Waals surface area contributed by atoms with Gasteiger partial charge in [-0.1, -0.05) is 64.1 Å². The SMILES string of the molecule is CC(C)c1cccc(C(C)C)c1NC(=O)N(CC(=O)N(Cc1ccc(F)cc1)Cc1cccs1)CC1CCCO1. The molecule has 0 spiro atoms. The first-order valence-corrected chi connectivity index (χ1v) is 14.9. The molecular formula is C32H40FN3O3S. The van der Waals surface area contributed by atoms with Crippen LogP contribution in [0.5, 0.6) is 0 Å². The van der Waals surface area contributed by atoms with Gasteiger partial charge in [-0.2, -0.15) is 0 Å². The quantitative estimate of drug-likeness (QED) is 0.264. The van der Waals surface area contributed by atoms with Crippen molar-refractivity contribution in [3.8, 4) is 0 Å². The fourth-order valence-electron chi connectivity index (χ4n) is 5.03. The minimum atomic E-state index is -0.318. The lowest BCUT2D eigenvalue weighted by molar-refractivity contribution is -0.133. The third-order valence-electron chi connectivity index (χ3n) is 7.23. The van der Waals surface area contributed by atoms with E-state index in [9.17, 15) is 14.0 Å². The highest BCUT2D eigenvalue weighted by Gasteiger charge is 2.28. The lowest BCUT2D eigenvalue weighted by atomic mass is 9.93. The number of urea groups is 1. The molecule has 4 rings (SSSR count). The molecule has 1 aromatic heterocycles. The molecule has 1 unspecified atom stereocenters. The minimum Gasteiger partial charge on any atom is -0.376 e. The summed E-state index contributed by atoms with van der Waals surface area (Å²) < 4.78 is 19.4. The number of para-hydroxylation sites is 1. The monoisotopic (exact) mass is 565 g/mol. The molecule has 6 nitrogen and oxygen atoms in total. The lowest BCUT2D eigenvalue weighted by Crippen LogP contribution is -2.47. The molecule has 3 amide bonds. The maximum Gasteiger partial charge on any atom is 0.322 e. The number of nitrogens with one attached hydrogen (secondary N) is 1. The Morgan fingerprint density at radius 2 is 1.68 bits per heavy atom. The second-order valence-electron chi connectivity index (χ2n) is 11.0. The Bertz CT molecular complexity index is 1230. The van der Waals surface area contributed by atoms with Gasteiger partial charge >= 0.3 is 6.03 Å². The second kappa shape index (κ2) is 13.9. The molecule has 1 N–H and O–H groups in total. The first-order valence-electron chi connectivity index (χ1n) is 14.1. The highest BCUT2D eigenvalue weighted by molar-refractivity contribution is 7.09. The van der Waals surface area contributed by atoms with Crippen LogP contribution in [0.15, 0.2) is 60.0 Å². The smallest absolute Gasteiger partial charge is 0.322 e. The van der Waals surface area contributed by atoms with E-state index in [1.54, 1.807) is 33.3 Å². The molecular weight excluding hydrogens is 525 g/mol. The van der Waals surface area contributed by atoms with Crippen LogP contribution < -0.4 is 5.32 Å². The third kappa shape index (κ3) is 7.92. The van der Waals surface area contributed by atoms with Crippen LogP contribution in [0.1, 0.15) is 73.9 Å². The molecule has 0 radical (unpaired) electrons. The summed E-state index contributed by atoms with van der Waals surface area (Å²) in [6.07, 6.45) is 1.69. The highest BCUT2D eigenvalue weighted by Crippen LogP contribution is 2.32. The van der Waals surface area contributed by atoms with Crippen molar-refractivity contribution in [1.82, 2.24) is 9.80 Å². The summed E-state index contributed by atoms with van der Waals surface area (Å²) in [4.78, 5) is 32.1. The number of hydrogen-bond acceptors (Lipinski definition) is 4. The molecule has 1 fully saturated rings. The average molecular weight is 566 g/mol. The fourth-order valence-corrected chi connectivity index (χ4v) is 5.75. The van der Waals surface area contributed by atoms with E-state index < -0.39 is 0 Å². The van der Waals surface area contributed by atoms with Crippen molar-refractivity contribution in [1.29, 1.82) is 0 Å². The van der Waals surface area contributed by atoms with Gasteiger partial charge in [-0.25, -0.2) is 9.18 Å². The predicted octanol–water partition coefficient (Wildman–Crippen LogP) is 7.38. The van der Waals surface area contributed by atoms with Crippen LogP contribution in [0.25, 0.3) is 0 Å². The zero-order chi connectivity index (χ0) is 28.6. The van der Waals surface area contributed by atoms with Crippen molar-refractivity contribution in [3.05, 3.63) is 87.4 Å². The van der Waals surface area contributed by atoms with Crippen molar-refractivity contribution in [2.75, 3.05) is 25.0 Å². The molecule has 1 atom stereocenters. The number of rotatable bonds is 11. The first-order chi connectivity index (χ1) is 19.2.